The molecule has 1 aromatic carbocycles. The lowest BCUT2D eigenvalue weighted by Gasteiger charge is -2.02. The van der Waals surface area contributed by atoms with Gasteiger partial charge in [0.15, 0.2) is 5.82 Å². The van der Waals surface area contributed by atoms with Crippen LogP contribution in [0.5, 0.6) is 0 Å². The van der Waals surface area contributed by atoms with Crippen molar-refractivity contribution in [2.45, 2.75) is 6.92 Å². The van der Waals surface area contributed by atoms with Gasteiger partial charge < -0.3 is 4.98 Å². The van der Waals surface area contributed by atoms with Crippen LogP contribution in [-0.4, -0.2) is 35.1 Å². The van der Waals surface area contributed by atoms with Crippen molar-refractivity contribution in [3.05, 3.63) is 79.0 Å². The van der Waals surface area contributed by atoms with E-state index in [2.05, 4.69) is 42.3 Å². The van der Waals surface area contributed by atoms with E-state index in [9.17, 15) is 0 Å². The van der Waals surface area contributed by atoms with Crippen molar-refractivity contribution in [3.8, 4) is 33.9 Å². The molecule has 0 amide bonds. The predicted octanol–water partition coefficient (Wildman–Crippen LogP) is 4.93. The normalized spacial score (nSPS) is 11.4. The quantitative estimate of drug-likeness (QED) is 0.437. The van der Waals surface area contributed by atoms with Gasteiger partial charge in [0.1, 0.15) is 5.69 Å². The number of pyridine rings is 3. The first-order valence-corrected chi connectivity index (χ1v) is 9.92. The molecule has 0 saturated heterocycles. The molecule has 6 rings (SSSR count). The Kier molecular flexibility index (Phi) is 3.86. The van der Waals surface area contributed by atoms with Gasteiger partial charge in [0.05, 0.1) is 28.4 Å². The molecule has 0 bridgehead atoms. The van der Waals surface area contributed by atoms with Gasteiger partial charge in [0.25, 0.3) is 0 Å². The number of nitrogens with zero attached hydrogens (tertiary/aromatic N) is 5. The van der Waals surface area contributed by atoms with Gasteiger partial charge in [-0.05, 0) is 36.8 Å². The molecule has 148 valence electrons. The molecule has 0 aliphatic rings. The summed E-state index contributed by atoms with van der Waals surface area (Å²) in [4.78, 5) is 21.4. The highest BCUT2D eigenvalue weighted by Gasteiger charge is 2.16. The highest BCUT2D eigenvalue weighted by Crippen LogP contribution is 2.32. The second-order valence-electron chi connectivity index (χ2n) is 7.47. The summed E-state index contributed by atoms with van der Waals surface area (Å²) < 4.78 is 0. The number of benzene rings is 1. The number of nitrogens with one attached hydrogen (secondary N) is 2. The smallest absolute Gasteiger partial charge is 0.159 e. The minimum atomic E-state index is 0.706. The van der Waals surface area contributed by atoms with E-state index in [1.54, 1.807) is 12.4 Å². The Morgan fingerprint density at radius 3 is 2.65 bits per heavy atom. The predicted molar refractivity (Wildman–Crippen MR) is 120 cm³/mol. The summed E-state index contributed by atoms with van der Waals surface area (Å²) in [6.07, 6.45) is 9.07. The highest BCUT2D eigenvalue weighted by molar-refractivity contribution is 5.97. The van der Waals surface area contributed by atoms with Gasteiger partial charge in [-0.25, -0.2) is 4.98 Å². The molecule has 7 heteroatoms. The standard InChI is InChI=1S/C24H17N7/c1-14-8-16(12-26-10-14)20-9-18-21(13-27-20)30-31-23(18)24-28-19-6-2-5-17(22(19)29-24)15-4-3-7-25-11-15/h2-13H,1H3,(H,28,29)(H,30,31). The molecule has 5 heterocycles. The number of imidazole rings is 1. The van der Waals surface area contributed by atoms with E-state index < -0.39 is 0 Å². The highest BCUT2D eigenvalue weighted by atomic mass is 15.1. The number of rotatable bonds is 3. The number of hydrogen-bond acceptors (Lipinski definition) is 5. The van der Waals surface area contributed by atoms with Gasteiger partial charge in [-0.1, -0.05) is 18.2 Å². The Labute approximate surface area is 177 Å². The molecule has 2 N–H and O–H groups in total. The lowest BCUT2D eigenvalue weighted by molar-refractivity contribution is 1.10. The minimum absolute atomic E-state index is 0.706. The zero-order chi connectivity index (χ0) is 20.8. The third kappa shape index (κ3) is 2.95. The fraction of sp³-hybridized carbons (Fsp3) is 0.0417. The molecule has 6 aromatic rings. The molecule has 0 spiro atoms. The van der Waals surface area contributed by atoms with Crippen LogP contribution in [0.25, 0.3) is 55.8 Å². The summed E-state index contributed by atoms with van der Waals surface area (Å²) in [7, 11) is 0. The number of para-hydroxylation sites is 1. The van der Waals surface area contributed by atoms with Crippen LogP contribution in [0.1, 0.15) is 5.56 Å². The second kappa shape index (κ2) is 6.84. The molecule has 0 saturated carbocycles. The van der Waals surface area contributed by atoms with E-state index in [1.165, 1.54) is 0 Å². The Balaban J connectivity index is 1.51. The summed E-state index contributed by atoms with van der Waals surface area (Å²) in [5.74, 6) is 0.706. The maximum absolute atomic E-state index is 4.90. The summed E-state index contributed by atoms with van der Waals surface area (Å²) in [5, 5.41) is 8.55. The molecule has 0 aliphatic carbocycles. The van der Waals surface area contributed by atoms with Crippen molar-refractivity contribution in [2.24, 2.45) is 0 Å². The van der Waals surface area contributed by atoms with Crippen LogP contribution < -0.4 is 0 Å². The maximum atomic E-state index is 4.90. The molecule has 0 fully saturated rings. The molecular weight excluding hydrogens is 386 g/mol. The average molecular weight is 403 g/mol. The van der Waals surface area contributed by atoms with E-state index in [1.807, 2.05) is 55.8 Å². The third-order valence-corrected chi connectivity index (χ3v) is 5.33. The summed E-state index contributed by atoms with van der Waals surface area (Å²) in [5.41, 5.74) is 8.41. The molecule has 31 heavy (non-hydrogen) atoms. The van der Waals surface area contributed by atoms with Crippen molar-refractivity contribution < 1.29 is 0 Å². The van der Waals surface area contributed by atoms with Crippen LogP contribution in [0.3, 0.4) is 0 Å². The Morgan fingerprint density at radius 1 is 0.839 bits per heavy atom. The molecule has 0 atom stereocenters. The number of hydrogen-bond donors (Lipinski definition) is 2. The molecule has 0 aliphatic heterocycles. The van der Waals surface area contributed by atoms with Crippen LogP contribution in [0, 0.1) is 6.92 Å². The molecule has 7 nitrogen and oxygen atoms in total. The van der Waals surface area contributed by atoms with Crippen LogP contribution in [-0.2, 0) is 0 Å². The minimum Gasteiger partial charge on any atom is -0.337 e. The van der Waals surface area contributed by atoms with E-state index >= 15 is 0 Å². The van der Waals surface area contributed by atoms with Crippen LogP contribution >= 0.6 is 0 Å². The van der Waals surface area contributed by atoms with Crippen LogP contribution in [0.2, 0.25) is 0 Å². The largest absolute Gasteiger partial charge is 0.337 e. The van der Waals surface area contributed by atoms with Gasteiger partial charge in [0.2, 0.25) is 0 Å². The van der Waals surface area contributed by atoms with Gasteiger partial charge in [-0.15, -0.1) is 0 Å². The van der Waals surface area contributed by atoms with E-state index in [0.717, 1.165) is 55.6 Å². The first-order chi connectivity index (χ1) is 15.3. The van der Waals surface area contributed by atoms with Crippen molar-refractivity contribution in [3.63, 3.8) is 0 Å². The van der Waals surface area contributed by atoms with Gasteiger partial charge in [0, 0.05) is 46.9 Å². The number of H-pyrrole nitrogens is 2. The third-order valence-electron chi connectivity index (χ3n) is 5.33. The Hall–Kier alpha value is -4.39. The van der Waals surface area contributed by atoms with Gasteiger partial charge >= 0.3 is 0 Å². The number of aromatic nitrogens is 7. The second-order valence-corrected chi connectivity index (χ2v) is 7.47. The number of aromatic amines is 2. The SMILES string of the molecule is Cc1cncc(-c2cc3c(-c4nc5c(-c6cccnc6)cccc5[nH]4)n[nH]c3cn2)c1. The first kappa shape index (κ1) is 17.5. The topological polar surface area (TPSA) is 96.0 Å². The lowest BCUT2D eigenvalue weighted by Crippen LogP contribution is -1.87. The van der Waals surface area contributed by atoms with Crippen molar-refractivity contribution in [2.75, 3.05) is 0 Å². The van der Waals surface area contributed by atoms with E-state index in [0.29, 0.717) is 5.82 Å². The van der Waals surface area contributed by atoms with E-state index in [-0.39, 0.29) is 0 Å². The van der Waals surface area contributed by atoms with Crippen LogP contribution in [0.15, 0.2) is 73.4 Å². The Bertz CT molecular complexity index is 1550. The van der Waals surface area contributed by atoms with Gasteiger partial charge in [-0.3, -0.25) is 20.1 Å². The molecule has 0 radical (unpaired) electrons. The number of fused-ring (bicyclic) bond motifs is 2. The van der Waals surface area contributed by atoms with Crippen molar-refractivity contribution in [1.29, 1.82) is 0 Å². The molecule has 5 aromatic heterocycles. The van der Waals surface area contributed by atoms with Crippen molar-refractivity contribution >= 4 is 21.9 Å². The number of aryl methyl sites for hydroxylation is 1. The lowest BCUT2D eigenvalue weighted by atomic mass is 10.1. The first-order valence-electron chi connectivity index (χ1n) is 9.92. The van der Waals surface area contributed by atoms with E-state index in [4.69, 9.17) is 4.98 Å². The zero-order valence-electron chi connectivity index (χ0n) is 16.7. The monoisotopic (exact) mass is 403 g/mol. The fourth-order valence-electron chi connectivity index (χ4n) is 3.85. The van der Waals surface area contributed by atoms with Crippen LogP contribution in [0.4, 0.5) is 0 Å². The molecule has 0 unspecified atom stereocenters. The molecular formula is C24H17N7. The van der Waals surface area contributed by atoms with Crippen molar-refractivity contribution in [1.82, 2.24) is 35.1 Å². The maximum Gasteiger partial charge on any atom is 0.159 e. The summed E-state index contributed by atoms with van der Waals surface area (Å²) >= 11 is 0. The average Bonchev–Trinajstić information content (AvgIpc) is 3.43. The van der Waals surface area contributed by atoms with Gasteiger partial charge in [-0.2, -0.15) is 5.10 Å². The fourth-order valence-corrected chi connectivity index (χ4v) is 3.85. The summed E-state index contributed by atoms with van der Waals surface area (Å²) in [6, 6.07) is 14.2. The zero-order valence-corrected chi connectivity index (χ0v) is 16.7. The Morgan fingerprint density at radius 2 is 1.77 bits per heavy atom. The summed E-state index contributed by atoms with van der Waals surface area (Å²) in [6.45, 7) is 2.02.